The van der Waals surface area contributed by atoms with Crippen LogP contribution >= 0.6 is 23.2 Å². The van der Waals surface area contributed by atoms with Crippen molar-refractivity contribution in [3.05, 3.63) is 45.7 Å². The van der Waals surface area contributed by atoms with Gasteiger partial charge in [-0.15, -0.1) is 0 Å². The van der Waals surface area contributed by atoms with E-state index in [0.29, 0.717) is 22.4 Å². The summed E-state index contributed by atoms with van der Waals surface area (Å²) >= 11 is 11.9. The molecule has 0 spiro atoms. The highest BCUT2D eigenvalue weighted by atomic mass is 35.5. The maximum absolute atomic E-state index is 6.03. The van der Waals surface area contributed by atoms with Crippen molar-refractivity contribution in [2.75, 3.05) is 11.1 Å². The van der Waals surface area contributed by atoms with E-state index in [1.54, 1.807) is 12.3 Å². The Bertz CT molecular complexity index is 572. The lowest BCUT2D eigenvalue weighted by molar-refractivity contribution is 1.07. The molecule has 0 amide bonds. The van der Waals surface area contributed by atoms with Crippen LogP contribution in [-0.4, -0.2) is 9.97 Å². The lowest BCUT2D eigenvalue weighted by atomic mass is 10.1. The van der Waals surface area contributed by atoms with E-state index < -0.39 is 0 Å². The highest BCUT2D eigenvalue weighted by Crippen LogP contribution is 2.27. The summed E-state index contributed by atoms with van der Waals surface area (Å²) < 4.78 is 0. The second kappa shape index (κ2) is 5.42. The van der Waals surface area contributed by atoms with Crippen molar-refractivity contribution in [1.29, 1.82) is 0 Å². The zero-order valence-electron chi connectivity index (χ0n) is 9.74. The van der Waals surface area contributed by atoms with Gasteiger partial charge < -0.3 is 11.1 Å². The number of nitrogen functional groups attached to an aromatic ring is 1. The van der Waals surface area contributed by atoms with E-state index in [4.69, 9.17) is 28.9 Å². The van der Waals surface area contributed by atoms with Crippen molar-refractivity contribution in [1.82, 2.24) is 9.97 Å². The normalized spacial score (nSPS) is 10.4. The van der Waals surface area contributed by atoms with Crippen molar-refractivity contribution < 1.29 is 0 Å². The molecule has 0 aliphatic rings. The van der Waals surface area contributed by atoms with Crippen LogP contribution in [0.3, 0.4) is 0 Å². The van der Waals surface area contributed by atoms with E-state index in [9.17, 15) is 0 Å². The molecule has 0 unspecified atom stereocenters. The van der Waals surface area contributed by atoms with Crippen LogP contribution in [0.15, 0.2) is 24.5 Å². The van der Waals surface area contributed by atoms with Gasteiger partial charge in [0, 0.05) is 18.9 Å². The van der Waals surface area contributed by atoms with Gasteiger partial charge in [-0.1, -0.05) is 23.2 Å². The minimum absolute atomic E-state index is 0.259. The SMILES string of the molecule is Cc1cnccc1CNc1nc(N)c(Cl)cc1Cl. The number of rotatable bonds is 3. The predicted octanol–water partition coefficient (Wildman–Crippen LogP) is 3.29. The lowest BCUT2D eigenvalue weighted by Gasteiger charge is -2.10. The maximum Gasteiger partial charge on any atom is 0.147 e. The van der Waals surface area contributed by atoms with E-state index in [2.05, 4.69) is 15.3 Å². The molecule has 0 saturated heterocycles. The minimum Gasteiger partial charge on any atom is -0.382 e. The van der Waals surface area contributed by atoms with Gasteiger partial charge in [-0.05, 0) is 30.2 Å². The Morgan fingerprint density at radius 1 is 1.33 bits per heavy atom. The molecule has 0 aromatic carbocycles. The number of nitrogens with zero attached hydrogens (tertiary/aromatic N) is 2. The quantitative estimate of drug-likeness (QED) is 0.907. The molecule has 18 heavy (non-hydrogen) atoms. The summed E-state index contributed by atoms with van der Waals surface area (Å²) in [5.74, 6) is 0.782. The summed E-state index contributed by atoms with van der Waals surface area (Å²) in [4.78, 5) is 8.14. The first kappa shape index (κ1) is 12.9. The molecule has 0 aliphatic heterocycles. The second-order valence-corrected chi connectivity index (χ2v) is 4.66. The third kappa shape index (κ3) is 2.83. The van der Waals surface area contributed by atoms with Crippen LogP contribution in [0.25, 0.3) is 0 Å². The molecule has 0 fully saturated rings. The maximum atomic E-state index is 6.03. The number of hydrogen-bond donors (Lipinski definition) is 2. The first-order chi connectivity index (χ1) is 8.58. The van der Waals surface area contributed by atoms with Crippen LogP contribution < -0.4 is 11.1 Å². The summed E-state index contributed by atoms with van der Waals surface area (Å²) in [6, 6.07) is 3.52. The Balaban J connectivity index is 2.16. The summed E-state index contributed by atoms with van der Waals surface area (Å²) in [7, 11) is 0. The molecule has 2 aromatic heterocycles. The van der Waals surface area contributed by atoms with E-state index in [-0.39, 0.29) is 5.82 Å². The van der Waals surface area contributed by atoms with Gasteiger partial charge in [-0.25, -0.2) is 4.98 Å². The highest BCUT2D eigenvalue weighted by molar-refractivity contribution is 6.37. The summed E-state index contributed by atoms with van der Waals surface area (Å²) in [5, 5.41) is 3.93. The first-order valence-electron chi connectivity index (χ1n) is 5.33. The fourth-order valence-electron chi connectivity index (χ4n) is 1.48. The Labute approximate surface area is 115 Å². The molecule has 94 valence electrons. The summed E-state index contributed by atoms with van der Waals surface area (Å²) in [6.07, 6.45) is 3.55. The largest absolute Gasteiger partial charge is 0.382 e. The molecule has 4 nitrogen and oxygen atoms in total. The molecule has 0 bridgehead atoms. The van der Waals surface area contributed by atoms with Crippen LogP contribution in [0.1, 0.15) is 11.1 Å². The van der Waals surface area contributed by atoms with Crippen molar-refractivity contribution in [2.24, 2.45) is 0 Å². The molecule has 6 heteroatoms. The molecule has 0 atom stereocenters. The number of halogens is 2. The van der Waals surface area contributed by atoms with Gasteiger partial charge in [0.15, 0.2) is 0 Å². The molecular formula is C12H12Cl2N4. The van der Waals surface area contributed by atoms with Gasteiger partial charge >= 0.3 is 0 Å². The van der Waals surface area contributed by atoms with E-state index in [1.165, 1.54) is 0 Å². The summed E-state index contributed by atoms with van der Waals surface area (Å²) in [5.41, 5.74) is 7.86. The first-order valence-corrected chi connectivity index (χ1v) is 6.08. The fraction of sp³-hybridized carbons (Fsp3) is 0.167. The van der Waals surface area contributed by atoms with Crippen molar-refractivity contribution in [3.8, 4) is 0 Å². The third-order valence-electron chi connectivity index (χ3n) is 2.54. The van der Waals surface area contributed by atoms with Gasteiger partial charge in [0.05, 0.1) is 10.0 Å². The van der Waals surface area contributed by atoms with Crippen LogP contribution in [-0.2, 0) is 6.54 Å². The number of aryl methyl sites for hydroxylation is 1. The van der Waals surface area contributed by atoms with Gasteiger partial charge in [-0.2, -0.15) is 0 Å². The summed E-state index contributed by atoms with van der Waals surface area (Å²) in [6.45, 7) is 2.59. The predicted molar refractivity (Wildman–Crippen MR) is 75.0 cm³/mol. The highest BCUT2D eigenvalue weighted by Gasteiger charge is 2.07. The van der Waals surface area contributed by atoms with Crippen molar-refractivity contribution in [3.63, 3.8) is 0 Å². The Morgan fingerprint density at radius 2 is 2.11 bits per heavy atom. The van der Waals surface area contributed by atoms with Crippen LogP contribution in [0.5, 0.6) is 0 Å². The average Bonchev–Trinajstić information content (AvgIpc) is 2.34. The van der Waals surface area contributed by atoms with E-state index in [1.807, 2.05) is 19.2 Å². The molecule has 0 saturated carbocycles. The molecule has 3 N–H and O–H groups in total. The average molecular weight is 283 g/mol. The topological polar surface area (TPSA) is 63.8 Å². The molecule has 0 aliphatic carbocycles. The third-order valence-corrected chi connectivity index (χ3v) is 3.13. The molecular weight excluding hydrogens is 271 g/mol. The second-order valence-electron chi connectivity index (χ2n) is 3.84. The van der Waals surface area contributed by atoms with Crippen molar-refractivity contribution in [2.45, 2.75) is 13.5 Å². The monoisotopic (exact) mass is 282 g/mol. The number of anilines is 2. The molecule has 0 radical (unpaired) electrons. The van der Waals surface area contributed by atoms with Crippen LogP contribution in [0.4, 0.5) is 11.6 Å². The molecule has 2 rings (SSSR count). The van der Waals surface area contributed by atoms with Crippen LogP contribution in [0.2, 0.25) is 10.0 Å². The van der Waals surface area contributed by atoms with Crippen molar-refractivity contribution >= 4 is 34.8 Å². The number of hydrogen-bond acceptors (Lipinski definition) is 4. The number of aromatic nitrogens is 2. The van der Waals surface area contributed by atoms with Crippen LogP contribution in [0, 0.1) is 6.92 Å². The number of nitrogens with one attached hydrogen (secondary N) is 1. The van der Waals surface area contributed by atoms with E-state index in [0.717, 1.165) is 11.1 Å². The van der Waals surface area contributed by atoms with Gasteiger partial charge in [0.2, 0.25) is 0 Å². The van der Waals surface area contributed by atoms with Gasteiger partial charge in [0.1, 0.15) is 11.6 Å². The molecule has 2 aromatic rings. The van der Waals surface area contributed by atoms with Gasteiger partial charge in [0.25, 0.3) is 0 Å². The Morgan fingerprint density at radius 3 is 2.83 bits per heavy atom. The lowest BCUT2D eigenvalue weighted by Crippen LogP contribution is -2.05. The minimum atomic E-state index is 0.259. The smallest absolute Gasteiger partial charge is 0.147 e. The zero-order valence-corrected chi connectivity index (χ0v) is 11.3. The van der Waals surface area contributed by atoms with Gasteiger partial charge in [-0.3, -0.25) is 4.98 Å². The Hall–Kier alpha value is -1.52. The van der Waals surface area contributed by atoms with E-state index >= 15 is 0 Å². The number of nitrogens with two attached hydrogens (primary N) is 1. The standard InChI is InChI=1S/C12H12Cl2N4/c1-7-5-16-3-2-8(7)6-17-12-10(14)4-9(13)11(15)18-12/h2-5H,6H2,1H3,(H3,15,17,18). The fourth-order valence-corrected chi connectivity index (χ4v) is 1.91. The Kier molecular flexibility index (Phi) is 3.89. The number of pyridine rings is 2. The zero-order chi connectivity index (χ0) is 13.1. The molecule has 2 heterocycles.